The minimum Gasteiger partial charge on any atom is -0.309 e. The lowest BCUT2D eigenvalue weighted by molar-refractivity contribution is 1.23. The van der Waals surface area contributed by atoms with Crippen molar-refractivity contribution < 1.29 is 0 Å². The molecule has 0 fully saturated rings. The van der Waals surface area contributed by atoms with E-state index in [-0.39, 0.29) is 0 Å². The highest BCUT2D eigenvalue weighted by atomic mass is 32.1. The van der Waals surface area contributed by atoms with Crippen LogP contribution in [-0.2, 0) is 0 Å². The highest BCUT2D eigenvalue weighted by Gasteiger charge is 2.13. The van der Waals surface area contributed by atoms with E-state index in [4.69, 9.17) is 12.6 Å². The fourth-order valence-electron chi connectivity index (χ4n) is 2.22. The van der Waals surface area contributed by atoms with Crippen LogP contribution in [0, 0.1) is 0 Å². The maximum absolute atomic E-state index is 5.49. The summed E-state index contributed by atoms with van der Waals surface area (Å²) in [4.78, 5) is 3.03. The first-order valence-electron chi connectivity index (χ1n) is 6.52. The van der Waals surface area contributed by atoms with E-state index in [0.29, 0.717) is 0 Å². The minimum atomic E-state index is 0.847. The lowest BCUT2D eigenvalue weighted by Gasteiger charge is -2.26. The molecule has 3 rings (SSSR count). The van der Waals surface area contributed by atoms with Crippen molar-refractivity contribution in [1.82, 2.24) is 0 Å². The first-order valence-corrected chi connectivity index (χ1v) is 6.93. The Hall–Kier alpha value is -2.32. The number of para-hydroxylation sites is 3. The molecule has 0 amide bonds. The Morgan fingerprint density at radius 2 is 1.00 bits per heavy atom. The van der Waals surface area contributed by atoms with E-state index < -0.39 is 0 Å². The van der Waals surface area contributed by atoms with Crippen LogP contribution >= 0.6 is 12.6 Å². The van der Waals surface area contributed by atoms with Crippen molar-refractivity contribution in [2.24, 2.45) is 0 Å². The van der Waals surface area contributed by atoms with Gasteiger partial charge in [-0.25, -0.2) is 0 Å². The molecule has 0 aliphatic heterocycles. The fourth-order valence-corrected chi connectivity index (χ4v) is 2.46. The Balaban J connectivity index is 2.17. The molecule has 3 aromatic rings. The molecule has 0 aromatic heterocycles. The molecule has 0 unspecified atom stereocenters. The zero-order chi connectivity index (χ0) is 13.8. The van der Waals surface area contributed by atoms with E-state index in [1.165, 1.54) is 0 Å². The molecule has 0 saturated heterocycles. The van der Waals surface area contributed by atoms with Gasteiger partial charge in [-0.2, -0.15) is 0 Å². The van der Waals surface area contributed by atoms with Gasteiger partial charge in [0.1, 0.15) is 0 Å². The smallest absolute Gasteiger partial charge is 0.0642 e. The van der Waals surface area contributed by atoms with Crippen molar-refractivity contribution in [2.75, 3.05) is 4.90 Å². The highest BCUT2D eigenvalue weighted by Crippen LogP contribution is 2.37. The molecule has 0 aliphatic rings. The average molecular weight is 276 g/mol. The van der Waals surface area contributed by atoms with Gasteiger partial charge < -0.3 is 4.90 Å². The van der Waals surface area contributed by atoms with Crippen LogP contribution in [0.25, 0.3) is 0 Å². The second-order valence-corrected chi connectivity index (χ2v) is 4.91. The standard InChI is InChI=1S/C18H14NS/c20-18-14-8-7-13-17(18)19(15-9-3-1-4-10-15)16-11-5-2-6-12-16/h1-14H. The molecule has 0 N–H and O–H groups in total. The summed E-state index contributed by atoms with van der Waals surface area (Å²) < 4.78 is 0. The van der Waals surface area contributed by atoms with Crippen molar-refractivity contribution in [1.29, 1.82) is 0 Å². The zero-order valence-corrected chi connectivity index (χ0v) is 11.8. The Labute approximate surface area is 124 Å². The van der Waals surface area contributed by atoms with E-state index in [0.717, 1.165) is 22.0 Å². The molecule has 0 heterocycles. The number of benzene rings is 3. The predicted octanol–water partition coefficient (Wildman–Crippen LogP) is 5.71. The molecule has 2 heteroatoms. The third-order valence-corrected chi connectivity index (χ3v) is 3.48. The molecular weight excluding hydrogens is 262 g/mol. The van der Waals surface area contributed by atoms with Crippen LogP contribution < -0.4 is 4.90 Å². The van der Waals surface area contributed by atoms with Gasteiger partial charge in [-0.05, 0) is 36.4 Å². The second-order valence-electron chi connectivity index (χ2n) is 4.47. The quantitative estimate of drug-likeness (QED) is 0.592. The second kappa shape index (κ2) is 5.76. The Bertz CT molecular complexity index is 641. The maximum Gasteiger partial charge on any atom is 0.0642 e. The van der Waals surface area contributed by atoms with Crippen LogP contribution in [-0.4, -0.2) is 0 Å². The van der Waals surface area contributed by atoms with Crippen molar-refractivity contribution in [3.05, 3.63) is 84.9 Å². The maximum atomic E-state index is 5.49. The highest BCUT2D eigenvalue weighted by molar-refractivity contribution is 7.80. The Morgan fingerprint density at radius 1 is 0.550 bits per heavy atom. The Morgan fingerprint density at radius 3 is 1.50 bits per heavy atom. The summed E-state index contributed by atoms with van der Waals surface area (Å²) in [6, 6.07) is 28.6. The first kappa shape index (κ1) is 12.7. The summed E-state index contributed by atoms with van der Waals surface area (Å²) in [5.41, 5.74) is 3.24. The van der Waals surface area contributed by atoms with Gasteiger partial charge in [0.15, 0.2) is 0 Å². The lowest BCUT2D eigenvalue weighted by Crippen LogP contribution is -2.10. The fraction of sp³-hybridized carbons (Fsp3) is 0. The summed E-state index contributed by atoms with van der Waals surface area (Å²) in [6.45, 7) is 0. The Kier molecular flexibility index (Phi) is 3.66. The molecule has 1 nitrogen and oxygen atoms in total. The average Bonchev–Trinajstić information content (AvgIpc) is 2.52. The normalized spacial score (nSPS) is 10.2. The van der Waals surface area contributed by atoms with Crippen LogP contribution in [0.1, 0.15) is 0 Å². The number of hydrogen-bond donors (Lipinski definition) is 0. The molecule has 0 bridgehead atoms. The predicted molar refractivity (Wildman–Crippen MR) is 87.0 cm³/mol. The minimum absolute atomic E-state index is 0.847. The third-order valence-electron chi connectivity index (χ3n) is 3.13. The number of rotatable bonds is 3. The third kappa shape index (κ3) is 2.51. The van der Waals surface area contributed by atoms with Crippen molar-refractivity contribution in [3.8, 4) is 0 Å². The van der Waals surface area contributed by atoms with Gasteiger partial charge in [0, 0.05) is 11.4 Å². The van der Waals surface area contributed by atoms with E-state index in [9.17, 15) is 0 Å². The van der Waals surface area contributed by atoms with Gasteiger partial charge in [0.05, 0.1) is 10.6 Å². The molecule has 97 valence electrons. The molecule has 0 atom stereocenters. The first-order chi connectivity index (χ1) is 9.86. The molecule has 1 radical (unpaired) electrons. The summed E-state index contributed by atoms with van der Waals surface area (Å²) in [6.07, 6.45) is 0. The van der Waals surface area contributed by atoms with Gasteiger partial charge in [-0.1, -0.05) is 61.2 Å². The van der Waals surface area contributed by atoms with Crippen LogP contribution in [0.5, 0.6) is 0 Å². The number of hydrogen-bond acceptors (Lipinski definition) is 1. The number of anilines is 3. The van der Waals surface area contributed by atoms with E-state index in [1.807, 2.05) is 54.6 Å². The summed E-state index contributed by atoms with van der Waals surface area (Å²) in [5, 5.41) is 0. The van der Waals surface area contributed by atoms with Crippen molar-refractivity contribution in [3.63, 3.8) is 0 Å². The van der Waals surface area contributed by atoms with Gasteiger partial charge in [0.25, 0.3) is 0 Å². The lowest BCUT2D eigenvalue weighted by atomic mass is 10.2. The SMILES string of the molecule is [S]c1ccccc1N(c1ccccc1)c1ccccc1. The largest absolute Gasteiger partial charge is 0.309 e. The van der Waals surface area contributed by atoms with E-state index in [1.54, 1.807) is 0 Å². The van der Waals surface area contributed by atoms with Crippen molar-refractivity contribution in [2.45, 2.75) is 4.90 Å². The van der Waals surface area contributed by atoms with Crippen LogP contribution in [0.3, 0.4) is 0 Å². The molecular formula is C18H14NS. The summed E-state index contributed by atoms with van der Waals surface area (Å²) >= 11 is 5.49. The monoisotopic (exact) mass is 276 g/mol. The number of nitrogens with zero attached hydrogens (tertiary/aromatic N) is 1. The van der Waals surface area contributed by atoms with Crippen LogP contribution in [0.15, 0.2) is 89.8 Å². The van der Waals surface area contributed by atoms with Crippen LogP contribution in [0.4, 0.5) is 17.1 Å². The van der Waals surface area contributed by atoms with Crippen LogP contribution in [0.2, 0.25) is 0 Å². The van der Waals surface area contributed by atoms with Gasteiger partial charge >= 0.3 is 0 Å². The molecule has 0 saturated carbocycles. The summed E-state index contributed by atoms with van der Waals surface area (Å²) in [5.74, 6) is 0. The van der Waals surface area contributed by atoms with E-state index >= 15 is 0 Å². The molecule has 0 spiro atoms. The molecule has 20 heavy (non-hydrogen) atoms. The van der Waals surface area contributed by atoms with Crippen molar-refractivity contribution >= 4 is 29.7 Å². The molecule has 0 aliphatic carbocycles. The van der Waals surface area contributed by atoms with E-state index in [2.05, 4.69) is 35.2 Å². The zero-order valence-electron chi connectivity index (χ0n) is 10.9. The van der Waals surface area contributed by atoms with Gasteiger partial charge in [-0.3, -0.25) is 0 Å². The van der Waals surface area contributed by atoms with Gasteiger partial charge in [-0.15, -0.1) is 0 Å². The van der Waals surface area contributed by atoms with Gasteiger partial charge in [0.2, 0.25) is 0 Å². The summed E-state index contributed by atoms with van der Waals surface area (Å²) in [7, 11) is 0. The topological polar surface area (TPSA) is 3.24 Å². The molecule has 3 aromatic carbocycles.